The van der Waals surface area contributed by atoms with Crippen LogP contribution in [0.5, 0.6) is 0 Å². The molecule has 0 aromatic rings. The Morgan fingerprint density at radius 3 is 1.00 bits per heavy atom. The van der Waals surface area contributed by atoms with Gasteiger partial charge in [0, 0.05) is 0 Å². The summed E-state index contributed by atoms with van der Waals surface area (Å²) < 4.78 is 0. The molecule has 0 unspecified atom stereocenters. The van der Waals surface area contributed by atoms with Crippen LogP contribution in [-0.2, 0) is 0 Å². The molecule has 0 radical (unpaired) electrons. The third kappa shape index (κ3) is 62.5. The fourth-order valence-electron chi connectivity index (χ4n) is 0. The minimum absolute atomic E-state index is 1.20. The molecule has 0 aromatic carbocycles. The van der Waals surface area contributed by atoms with E-state index in [0.29, 0.717) is 0 Å². The molecular formula is H4Cl3N2P. The van der Waals surface area contributed by atoms with Crippen LogP contribution in [0.15, 0.2) is 0 Å². The molecule has 40 valence electrons. The summed E-state index contributed by atoms with van der Waals surface area (Å²) in [5.74, 6) is 6.80. The summed E-state index contributed by atoms with van der Waals surface area (Å²) in [5.41, 5.74) is 0. The lowest BCUT2D eigenvalue weighted by molar-refractivity contribution is 1.26. The lowest BCUT2D eigenvalue weighted by Crippen LogP contribution is -2.02. The highest BCUT2D eigenvalue weighted by Crippen LogP contribution is 2.51. The van der Waals surface area contributed by atoms with Gasteiger partial charge in [-0.05, 0) is 0 Å². The van der Waals surface area contributed by atoms with E-state index in [2.05, 4.69) is 11.7 Å². The Bertz CT molecular complexity index is 13.5. The molecule has 0 aliphatic carbocycles. The summed E-state index contributed by atoms with van der Waals surface area (Å²) in [6, 6.07) is 0. The van der Waals surface area contributed by atoms with E-state index in [0.717, 1.165) is 0 Å². The van der Waals surface area contributed by atoms with Crippen molar-refractivity contribution in [3.8, 4) is 0 Å². The van der Waals surface area contributed by atoms with Gasteiger partial charge < -0.3 is 0 Å². The number of hydrogen-bond donors (Lipinski definition) is 2. The van der Waals surface area contributed by atoms with Crippen LogP contribution in [0, 0.1) is 0 Å². The molecule has 0 fully saturated rings. The smallest absolute Gasteiger partial charge is 0.179 e. The molecule has 0 bridgehead atoms. The van der Waals surface area contributed by atoms with E-state index in [1.165, 1.54) is 0 Å². The van der Waals surface area contributed by atoms with Crippen LogP contribution < -0.4 is 11.7 Å². The SMILES string of the molecule is ClP(Cl)Cl.NN. The predicted molar refractivity (Wildman–Crippen MR) is 32.9 cm³/mol. The van der Waals surface area contributed by atoms with Crippen LogP contribution in [0.2, 0.25) is 0 Å². The van der Waals surface area contributed by atoms with Crippen LogP contribution in [0.25, 0.3) is 0 Å². The first-order valence-corrected chi connectivity index (χ1v) is 4.90. The van der Waals surface area contributed by atoms with Crippen molar-refractivity contribution in [3.63, 3.8) is 0 Å². The third-order valence-electron chi connectivity index (χ3n) is 0. The maximum atomic E-state index is 4.87. The number of halogens is 3. The number of nitrogens with two attached hydrogens (primary N) is 2. The van der Waals surface area contributed by atoms with Gasteiger partial charge in [-0.3, -0.25) is 11.7 Å². The maximum Gasteiger partial charge on any atom is 0.179 e. The molecule has 0 amide bonds. The molecule has 0 saturated carbocycles. The molecule has 0 rings (SSSR count). The minimum atomic E-state index is -1.20. The fraction of sp³-hybridized carbons (Fsp3) is 0. The normalized spacial score (nSPS) is 7.00. The summed E-state index contributed by atoms with van der Waals surface area (Å²) in [6.07, 6.45) is 0. The van der Waals surface area contributed by atoms with E-state index in [1.54, 1.807) is 0 Å². The third-order valence-corrected chi connectivity index (χ3v) is 0. The van der Waals surface area contributed by atoms with Gasteiger partial charge in [-0.2, -0.15) is 0 Å². The molecule has 0 aromatic heterocycles. The van der Waals surface area contributed by atoms with Gasteiger partial charge in [-0.1, -0.05) is 33.7 Å². The molecule has 0 atom stereocenters. The van der Waals surface area contributed by atoms with Crippen LogP contribution in [0.1, 0.15) is 0 Å². The molecule has 0 aliphatic heterocycles. The van der Waals surface area contributed by atoms with E-state index in [4.69, 9.17) is 33.7 Å². The van der Waals surface area contributed by atoms with Crippen molar-refractivity contribution < 1.29 is 0 Å². The zero-order valence-electron chi connectivity index (χ0n) is 2.74. The quantitative estimate of drug-likeness (QED) is 0.330. The van der Waals surface area contributed by atoms with E-state index in [1.807, 2.05) is 0 Å². The lowest BCUT2D eigenvalue weighted by atomic mass is 13.0. The highest BCUT2D eigenvalue weighted by atomic mass is 36.0. The molecule has 0 spiro atoms. The summed E-state index contributed by atoms with van der Waals surface area (Å²) in [7, 11) is 0. The average Bonchev–Trinajstić information content (AvgIpc) is 1.41. The second-order valence-corrected chi connectivity index (χ2v) is 5.17. The monoisotopic (exact) mass is 168 g/mol. The number of hydrogen-bond acceptors (Lipinski definition) is 2. The van der Waals surface area contributed by atoms with Gasteiger partial charge in [0.05, 0.1) is 0 Å². The molecule has 6 heteroatoms. The van der Waals surface area contributed by atoms with E-state index >= 15 is 0 Å². The topological polar surface area (TPSA) is 52.0 Å². The van der Waals surface area contributed by atoms with Gasteiger partial charge in [0.1, 0.15) is 0 Å². The number of rotatable bonds is 0. The molecular weight excluding hydrogens is 165 g/mol. The van der Waals surface area contributed by atoms with Gasteiger partial charge in [-0.25, -0.2) is 0 Å². The lowest BCUT2D eigenvalue weighted by Gasteiger charge is -1.68. The summed E-state index contributed by atoms with van der Waals surface area (Å²) in [5, 5.41) is 0. The van der Waals surface area contributed by atoms with Gasteiger partial charge in [0.2, 0.25) is 0 Å². The fourth-order valence-corrected chi connectivity index (χ4v) is 0. The van der Waals surface area contributed by atoms with Gasteiger partial charge in [-0.15, -0.1) is 0 Å². The molecule has 0 saturated heterocycles. The van der Waals surface area contributed by atoms with E-state index in [-0.39, 0.29) is 0 Å². The Hall–Kier alpha value is 1.22. The van der Waals surface area contributed by atoms with Crippen molar-refractivity contribution in [1.29, 1.82) is 0 Å². The molecule has 4 N–H and O–H groups in total. The van der Waals surface area contributed by atoms with Crippen molar-refractivity contribution in [2.24, 2.45) is 11.7 Å². The zero-order chi connectivity index (χ0) is 5.58. The zero-order valence-corrected chi connectivity index (χ0v) is 5.90. The first kappa shape index (κ1) is 10.3. The molecule has 0 heterocycles. The van der Waals surface area contributed by atoms with Crippen LogP contribution >= 0.6 is 39.7 Å². The van der Waals surface area contributed by atoms with Crippen molar-refractivity contribution in [2.75, 3.05) is 0 Å². The van der Waals surface area contributed by atoms with E-state index in [9.17, 15) is 0 Å². The number of hydrazine groups is 1. The van der Waals surface area contributed by atoms with Crippen molar-refractivity contribution >= 4 is 39.7 Å². The standard InChI is InChI=1S/Cl3P.H4N2/c1-4(2)3;1-2/h;1-2H2. The van der Waals surface area contributed by atoms with Crippen LogP contribution in [0.3, 0.4) is 0 Å². The summed E-state index contributed by atoms with van der Waals surface area (Å²) in [6.45, 7) is 0. The Morgan fingerprint density at radius 2 is 1.00 bits per heavy atom. The van der Waals surface area contributed by atoms with Crippen molar-refractivity contribution in [2.45, 2.75) is 0 Å². The highest BCUT2D eigenvalue weighted by molar-refractivity contribution is 8.20. The Morgan fingerprint density at radius 1 is 1.00 bits per heavy atom. The van der Waals surface area contributed by atoms with Crippen LogP contribution in [-0.4, -0.2) is 0 Å². The molecule has 0 aliphatic rings. The van der Waals surface area contributed by atoms with E-state index < -0.39 is 5.98 Å². The Kier molecular flexibility index (Phi) is 16.3. The second-order valence-electron chi connectivity index (χ2n) is 0.192. The van der Waals surface area contributed by atoms with Crippen LogP contribution in [0.4, 0.5) is 0 Å². The highest BCUT2D eigenvalue weighted by Gasteiger charge is 1.80. The largest absolute Gasteiger partial charge is 0.274 e. The Labute approximate surface area is 51.8 Å². The van der Waals surface area contributed by atoms with Crippen molar-refractivity contribution in [1.82, 2.24) is 0 Å². The molecule has 2 nitrogen and oxygen atoms in total. The van der Waals surface area contributed by atoms with Gasteiger partial charge in [0.15, 0.2) is 5.98 Å². The van der Waals surface area contributed by atoms with Gasteiger partial charge in [0.25, 0.3) is 0 Å². The first-order chi connectivity index (χ1) is 2.73. The molecule has 6 heavy (non-hydrogen) atoms. The average molecular weight is 169 g/mol. The minimum Gasteiger partial charge on any atom is -0.274 e. The maximum absolute atomic E-state index is 4.87. The summed E-state index contributed by atoms with van der Waals surface area (Å²) >= 11 is 14.6. The predicted octanol–water partition coefficient (Wildman–Crippen LogP) is 1.75. The Balaban J connectivity index is 0. The first-order valence-electron chi connectivity index (χ1n) is 0.840. The second kappa shape index (κ2) is 9.52. The van der Waals surface area contributed by atoms with Gasteiger partial charge >= 0.3 is 0 Å². The van der Waals surface area contributed by atoms with Crippen molar-refractivity contribution in [3.05, 3.63) is 0 Å². The summed E-state index contributed by atoms with van der Waals surface area (Å²) in [4.78, 5) is 0.